The first-order valence-corrected chi connectivity index (χ1v) is 4.69. The van der Waals surface area contributed by atoms with Crippen molar-refractivity contribution in [2.45, 2.75) is 6.92 Å². The minimum atomic E-state index is -0.861. The van der Waals surface area contributed by atoms with Gasteiger partial charge in [0, 0.05) is 0 Å². The molecule has 0 saturated carbocycles. The van der Waals surface area contributed by atoms with Crippen molar-refractivity contribution in [3.8, 4) is 5.75 Å². The lowest BCUT2D eigenvalue weighted by atomic mass is 10.1. The smallest absolute Gasteiger partial charge is 0.342 e. The van der Waals surface area contributed by atoms with E-state index in [0.29, 0.717) is 0 Å². The molecule has 0 unspecified atom stereocenters. The molecule has 7 heteroatoms. The lowest BCUT2D eigenvalue weighted by Crippen LogP contribution is -2.06. The van der Waals surface area contributed by atoms with Gasteiger partial charge in [0.2, 0.25) is 5.75 Å². The Hall–Kier alpha value is -1.82. The number of nitro groups is 1. The predicted octanol–water partition coefficient (Wildman–Crippen LogP) is 2.13. The largest absolute Gasteiger partial charge is 0.501 e. The number of hydrogen-bond donors (Lipinski definition) is 1. The van der Waals surface area contributed by atoms with Crippen molar-refractivity contribution in [2.75, 3.05) is 6.61 Å². The molecule has 0 aliphatic rings. The van der Waals surface area contributed by atoms with E-state index in [1.54, 1.807) is 6.92 Å². The van der Waals surface area contributed by atoms with Crippen LogP contribution in [0.3, 0.4) is 0 Å². The summed E-state index contributed by atoms with van der Waals surface area (Å²) in [5.74, 6) is -1.62. The zero-order valence-electron chi connectivity index (χ0n) is 8.27. The van der Waals surface area contributed by atoms with Crippen LogP contribution in [0.4, 0.5) is 5.69 Å². The van der Waals surface area contributed by atoms with E-state index in [1.165, 1.54) is 6.07 Å². The Morgan fingerprint density at radius 1 is 1.62 bits per heavy atom. The van der Waals surface area contributed by atoms with E-state index in [0.717, 1.165) is 6.07 Å². The van der Waals surface area contributed by atoms with E-state index in [4.69, 9.17) is 11.6 Å². The molecule has 0 fully saturated rings. The van der Waals surface area contributed by atoms with Crippen molar-refractivity contribution >= 4 is 23.3 Å². The second kappa shape index (κ2) is 4.80. The zero-order valence-corrected chi connectivity index (χ0v) is 9.02. The molecule has 0 aliphatic heterocycles. The number of esters is 1. The molecular weight excluding hydrogens is 238 g/mol. The van der Waals surface area contributed by atoms with E-state index >= 15 is 0 Å². The summed E-state index contributed by atoms with van der Waals surface area (Å²) in [6.07, 6.45) is 0. The van der Waals surface area contributed by atoms with Crippen LogP contribution < -0.4 is 0 Å². The van der Waals surface area contributed by atoms with Crippen LogP contribution in [-0.4, -0.2) is 22.6 Å². The van der Waals surface area contributed by atoms with Gasteiger partial charge in [-0.1, -0.05) is 11.6 Å². The van der Waals surface area contributed by atoms with Gasteiger partial charge >= 0.3 is 11.7 Å². The number of ether oxygens (including phenoxy) is 1. The maximum absolute atomic E-state index is 11.3. The number of phenols is 1. The molecule has 0 aliphatic carbocycles. The van der Waals surface area contributed by atoms with Gasteiger partial charge in [-0.2, -0.15) is 0 Å². The van der Waals surface area contributed by atoms with Gasteiger partial charge in [0.05, 0.1) is 11.5 Å². The fraction of sp³-hybridized carbons (Fsp3) is 0.222. The summed E-state index contributed by atoms with van der Waals surface area (Å²) in [6, 6.07) is 2.33. The first-order chi connectivity index (χ1) is 7.49. The Labute approximate surface area is 95.6 Å². The van der Waals surface area contributed by atoms with Crippen LogP contribution in [0.25, 0.3) is 0 Å². The highest BCUT2D eigenvalue weighted by molar-refractivity contribution is 6.33. The molecule has 0 amide bonds. The lowest BCUT2D eigenvalue weighted by molar-refractivity contribution is -0.385. The first-order valence-electron chi connectivity index (χ1n) is 4.32. The van der Waals surface area contributed by atoms with E-state index < -0.39 is 22.3 Å². The second-order valence-electron chi connectivity index (χ2n) is 2.77. The fourth-order valence-corrected chi connectivity index (χ4v) is 1.32. The summed E-state index contributed by atoms with van der Waals surface area (Å²) in [4.78, 5) is 21.0. The Bertz CT molecular complexity index is 446. The SMILES string of the molecule is CCOC(=O)c1ccc(Cl)c([N+](=O)[O-])c1O. The Kier molecular flexibility index (Phi) is 3.68. The Morgan fingerprint density at radius 3 is 2.75 bits per heavy atom. The molecule has 0 aromatic heterocycles. The standard InChI is InChI=1S/C9H8ClNO5/c1-2-16-9(13)5-3-4-6(10)7(8(5)12)11(14)15/h3-4,12H,2H2,1H3. The molecule has 16 heavy (non-hydrogen) atoms. The molecule has 0 bridgehead atoms. The van der Waals surface area contributed by atoms with E-state index in [2.05, 4.69) is 4.74 Å². The van der Waals surface area contributed by atoms with Gasteiger partial charge in [-0.15, -0.1) is 0 Å². The fourth-order valence-electron chi connectivity index (χ4n) is 1.10. The number of carbonyl (C=O) groups is 1. The first kappa shape index (κ1) is 12.3. The number of nitro benzene ring substituents is 1. The summed E-state index contributed by atoms with van der Waals surface area (Å²) in [7, 11) is 0. The summed E-state index contributed by atoms with van der Waals surface area (Å²) in [5.41, 5.74) is -0.981. The minimum Gasteiger partial charge on any atom is -0.501 e. The van der Waals surface area contributed by atoms with Crippen LogP contribution in [0.5, 0.6) is 5.75 Å². The van der Waals surface area contributed by atoms with Crippen molar-refractivity contribution in [1.82, 2.24) is 0 Å². The van der Waals surface area contributed by atoms with Crippen LogP contribution in [-0.2, 0) is 4.74 Å². The van der Waals surface area contributed by atoms with E-state index in [-0.39, 0.29) is 17.2 Å². The molecule has 1 aromatic carbocycles. The molecule has 0 saturated heterocycles. The molecule has 0 spiro atoms. The summed E-state index contributed by atoms with van der Waals surface area (Å²) >= 11 is 5.52. The monoisotopic (exact) mass is 245 g/mol. The van der Waals surface area contributed by atoms with Crippen LogP contribution >= 0.6 is 11.6 Å². The third kappa shape index (κ3) is 2.22. The van der Waals surface area contributed by atoms with Gasteiger partial charge in [0.1, 0.15) is 10.6 Å². The molecular formula is C9H8ClNO5. The van der Waals surface area contributed by atoms with Gasteiger partial charge in [-0.3, -0.25) is 10.1 Å². The summed E-state index contributed by atoms with van der Waals surface area (Å²) in [5, 5.41) is 19.9. The predicted molar refractivity (Wildman–Crippen MR) is 55.7 cm³/mol. The molecule has 1 rings (SSSR count). The number of halogens is 1. The quantitative estimate of drug-likeness (QED) is 0.500. The lowest BCUT2D eigenvalue weighted by Gasteiger charge is -2.05. The number of aromatic hydroxyl groups is 1. The Balaban J connectivity index is 3.29. The topological polar surface area (TPSA) is 89.7 Å². The van der Waals surface area contributed by atoms with Gasteiger partial charge < -0.3 is 9.84 Å². The maximum Gasteiger partial charge on any atom is 0.342 e. The zero-order chi connectivity index (χ0) is 12.3. The van der Waals surface area contributed by atoms with Gasteiger partial charge in [0.15, 0.2) is 0 Å². The van der Waals surface area contributed by atoms with Crippen molar-refractivity contribution in [3.05, 3.63) is 32.8 Å². The highest BCUT2D eigenvalue weighted by Gasteiger charge is 2.25. The van der Waals surface area contributed by atoms with Crippen molar-refractivity contribution in [3.63, 3.8) is 0 Å². The third-order valence-corrected chi connectivity index (χ3v) is 2.08. The molecule has 0 radical (unpaired) electrons. The number of nitrogens with zero attached hydrogens (tertiary/aromatic N) is 1. The summed E-state index contributed by atoms with van der Waals surface area (Å²) < 4.78 is 4.62. The average Bonchev–Trinajstić information content (AvgIpc) is 2.17. The number of rotatable bonds is 3. The number of phenolic OH excluding ortho intramolecular Hbond substituents is 1. The van der Waals surface area contributed by atoms with Crippen LogP contribution in [0, 0.1) is 10.1 Å². The van der Waals surface area contributed by atoms with Gasteiger partial charge in [0.25, 0.3) is 0 Å². The average molecular weight is 246 g/mol. The van der Waals surface area contributed by atoms with E-state index in [9.17, 15) is 20.0 Å². The van der Waals surface area contributed by atoms with Crippen LogP contribution in [0.2, 0.25) is 5.02 Å². The van der Waals surface area contributed by atoms with Crippen molar-refractivity contribution in [2.24, 2.45) is 0 Å². The summed E-state index contributed by atoms with van der Waals surface area (Å²) in [6.45, 7) is 1.69. The second-order valence-corrected chi connectivity index (χ2v) is 3.18. The minimum absolute atomic E-state index is 0.106. The number of carbonyl (C=O) groups excluding carboxylic acids is 1. The molecule has 6 nitrogen and oxygen atoms in total. The molecule has 86 valence electrons. The molecule has 1 aromatic rings. The third-order valence-electron chi connectivity index (χ3n) is 1.78. The Morgan fingerprint density at radius 2 is 2.25 bits per heavy atom. The van der Waals surface area contributed by atoms with Crippen LogP contribution in [0.15, 0.2) is 12.1 Å². The maximum atomic E-state index is 11.3. The molecule has 1 N–H and O–H groups in total. The van der Waals surface area contributed by atoms with Crippen molar-refractivity contribution in [1.29, 1.82) is 0 Å². The van der Waals surface area contributed by atoms with Crippen molar-refractivity contribution < 1.29 is 19.6 Å². The highest BCUT2D eigenvalue weighted by Crippen LogP contribution is 2.36. The number of benzene rings is 1. The molecule has 0 atom stereocenters. The van der Waals surface area contributed by atoms with Gasteiger partial charge in [-0.05, 0) is 19.1 Å². The van der Waals surface area contributed by atoms with E-state index in [1.807, 2.05) is 0 Å². The van der Waals surface area contributed by atoms with Gasteiger partial charge in [-0.25, -0.2) is 4.79 Å². The highest BCUT2D eigenvalue weighted by atomic mass is 35.5. The number of hydrogen-bond acceptors (Lipinski definition) is 5. The van der Waals surface area contributed by atoms with Crippen LogP contribution in [0.1, 0.15) is 17.3 Å². The normalized spacial score (nSPS) is 9.88. The molecule has 0 heterocycles.